The summed E-state index contributed by atoms with van der Waals surface area (Å²) in [6, 6.07) is 7.29. The van der Waals surface area contributed by atoms with Crippen LogP contribution in [0.25, 0.3) is 0 Å². The number of carboxylic acid groups (broad SMARTS) is 1. The Morgan fingerprint density at radius 3 is 2.57 bits per heavy atom. The van der Waals surface area contributed by atoms with E-state index in [2.05, 4.69) is 4.98 Å². The molecule has 0 aliphatic carbocycles. The quantitative estimate of drug-likeness (QED) is 0.914. The van der Waals surface area contributed by atoms with E-state index in [1.54, 1.807) is 0 Å². The molecule has 0 saturated carbocycles. The third-order valence-corrected chi connectivity index (χ3v) is 5.87. The summed E-state index contributed by atoms with van der Waals surface area (Å²) in [5.74, 6) is -1.09. The molecular formula is C15H13ClN2O4S. The van der Waals surface area contributed by atoms with Crippen LogP contribution in [0.1, 0.15) is 21.6 Å². The van der Waals surface area contributed by atoms with Crippen LogP contribution in [-0.2, 0) is 23.0 Å². The first-order valence-corrected chi connectivity index (χ1v) is 8.67. The molecule has 1 aromatic carbocycles. The lowest BCUT2D eigenvalue weighted by Crippen LogP contribution is -2.37. The largest absolute Gasteiger partial charge is 0.478 e. The number of carboxylic acids is 1. The number of aromatic nitrogens is 1. The van der Waals surface area contributed by atoms with Crippen LogP contribution in [0, 0.1) is 0 Å². The first-order valence-electron chi connectivity index (χ1n) is 6.85. The molecule has 23 heavy (non-hydrogen) atoms. The fourth-order valence-corrected chi connectivity index (χ4v) is 4.11. The van der Waals surface area contributed by atoms with E-state index in [9.17, 15) is 18.3 Å². The number of nitrogens with zero attached hydrogens (tertiary/aromatic N) is 2. The summed E-state index contributed by atoms with van der Waals surface area (Å²) in [5, 5.41) is 9.72. The number of benzene rings is 1. The highest BCUT2D eigenvalue weighted by molar-refractivity contribution is 7.89. The zero-order valence-electron chi connectivity index (χ0n) is 11.9. The van der Waals surface area contributed by atoms with Crippen molar-refractivity contribution in [1.29, 1.82) is 0 Å². The van der Waals surface area contributed by atoms with Crippen LogP contribution >= 0.6 is 11.6 Å². The Kier molecular flexibility index (Phi) is 4.09. The standard InChI is InChI=1S/C15H13ClN2O4S/c16-10-1-3-11(4-2-10)23(21,22)18-8-6-14-13(9-18)12(15(19)20)5-7-17-14/h1-5,7H,6,8-9H2,(H,19,20). The number of hydrogen-bond donors (Lipinski definition) is 1. The van der Waals surface area contributed by atoms with Crippen molar-refractivity contribution in [3.63, 3.8) is 0 Å². The molecule has 0 unspecified atom stereocenters. The third kappa shape index (κ3) is 2.95. The van der Waals surface area contributed by atoms with Crippen molar-refractivity contribution in [3.8, 4) is 0 Å². The minimum Gasteiger partial charge on any atom is -0.478 e. The van der Waals surface area contributed by atoms with Crippen LogP contribution in [0.2, 0.25) is 5.02 Å². The van der Waals surface area contributed by atoms with Gasteiger partial charge in [-0.05, 0) is 30.3 Å². The van der Waals surface area contributed by atoms with E-state index in [0.29, 0.717) is 22.7 Å². The molecule has 1 N–H and O–H groups in total. The smallest absolute Gasteiger partial charge is 0.336 e. The first-order chi connectivity index (χ1) is 10.9. The van der Waals surface area contributed by atoms with E-state index in [0.717, 1.165) is 0 Å². The molecule has 1 aromatic heterocycles. The van der Waals surface area contributed by atoms with Gasteiger partial charge in [0.05, 0.1) is 10.5 Å². The molecule has 1 aliphatic rings. The van der Waals surface area contributed by atoms with Gasteiger partial charge in [-0.2, -0.15) is 4.31 Å². The summed E-state index contributed by atoms with van der Waals surface area (Å²) in [7, 11) is -3.71. The predicted molar refractivity (Wildman–Crippen MR) is 83.9 cm³/mol. The Balaban J connectivity index is 1.98. The van der Waals surface area contributed by atoms with E-state index in [-0.39, 0.29) is 23.5 Å². The van der Waals surface area contributed by atoms with Gasteiger partial charge in [0.15, 0.2) is 0 Å². The number of pyridine rings is 1. The monoisotopic (exact) mass is 352 g/mol. The lowest BCUT2D eigenvalue weighted by molar-refractivity contribution is 0.0694. The second-order valence-electron chi connectivity index (χ2n) is 5.13. The molecule has 0 spiro atoms. The van der Waals surface area contributed by atoms with Gasteiger partial charge in [0.25, 0.3) is 0 Å². The van der Waals surface area contributed by atoms with Crippen LogP contribution < -0.4 is 0 Å². The topological polar surface area (TPSA) is 87.6 Å². The molecule has 6 nitrogen and oxygen atoms in total. The molecule has 0 saturated heterocycles. The average Bonchev–Trinajstić information content (AvgIpc) is 2.54. The number of rotatable bonds is 3. The van der Waals surface area contributed by atoms with Gasteiger partial charge in [0.2, 0.25) is 10.0 Å². The minimum absolute atomic E-state index is 0.00420. The highest BCUT2D eigenvalue weighted by Gasteiger charge is 2.31. The molecule has 0 atom stereocenters. The number of carbonyl (C=O) groups is 1. The zero-order valence-corrected chi connectivity index (χ0v) is 13.5. The van der Waals surface area contributed by atoms with Gasteiger partial charge in [-0.15, -0.1) is 0 Å². The summed E-state index contributed by atoms with van der Waals surface area (Å²) in [5.41, 5.74) is 1.17. The van der Waals surface area contributed by atoms with Crippen molar-refractivity contribution in [2.45, 2.75) is 17.9 Å². The number of hydrogen-bond acceptors (Lipinski definition) is 4. The number of sulfonamides is 1. The van der Waals surface area contributed by atoms with E-state index in [1.807, 2.05) is 0 Å². The molecule has 0 radical (unpaired) electrons. The summed E-state index contributed by atoms with van der Waals surface area (Å²) < 4.78 is 26.7. The number of fused-ring (bicyclic) bond motifs is 1. The highest BCUT2D eigenvalue weighted by atomic mass is 35.5. The van der Waals surface area contributed by atoms with Gasteiger partial charge in [-0.25, -0.2) is 13.2 Å². The molecule has 8 heteroatoms. The molecule has 0 amide bonds. The lowest BCUT2D eigenvalue weighted by atomic mass is 10.0. The predicted octanol–water partition coefficient (Wildman–Crippen LogP) is 2.18. The van der Waals surface area contributed by atoms with E-state index in [4.69, 9.17) is 11.6 Å². The average molecular weight is 353 g/mol. The molecule has 1 aliphatic heterocycles. The van der Waals surface area contributed by atoms with Crippen LogP contribution in [0.4, 0.5) is 0 Å². The van der Waals surface area contributed by atoms with Crippen LogP contribution in [0.5, 0.6) is 0 Å². The molecule has 2 heterocycles. The van der Waals surface area contributed by atoms with E-state index >= 15 is 0 Å². The van der Waals surface area contributed by atoms with Crippen molar-refractivity contribution >= 4 is 27.6 Å². The fourth-order valence-electron chi connectivity index (χ4n) is 2.57. The second kappa shape index (κ2) is 5.92. The summed E-state index contributed by atoms with van der Waals surface area (Å²) in [6.45, 7) is 0.254. The molecule has 0 bridgehead atoms. The van der Waals surface area contributed by atoms with E-state index in [1.165, 1.54) is 40.8 Å². The van der Waals surface area contributed by atoms with Gasteiger partial charge in [0, 0.05) is 42.0 Å². The van der Waals surface area contributed by atoms with E-state index < -0.39 is 16.0 Å². The van der Waals surface area contributed by atoms with Crippen LogP contribution in [-0.4, -0.2) is 35.3 Å². The zero-order chi connectivity index (χ0) is 16.6. The Morgan fingerprint density at radius 1 is 1.22 bits per heavy atom. The number of halogens is 1. The lowest BCUT2D eigenvalue weighted by Gasteiger charge is -2.28. The first kappa shape index (κ1) is 15.9. The third-order valence-electron chi connectivity index (χ3n) is 3.76. The molecule has 0 fully saturated rings. The molecule has 2 aromatic rings. The van der Waals surface area contributed by atoms with Gasteiger partial charge in [-0.1, -0.05) is 11.6 Å². The van der Waals surface area contributed by atoms with Crippen molar-refractivity contribution in [1.82, 2.24) is 9.29 Å². The van der Waals surface area contributed by atoms with Crippen molar-refractivity contribution in [2.75, 3.05) is 6.54 Å². The van der Waals surface area contributed by atoms with Crippen molar-refractivity contribution < 1.29 is 18.3 Å². The number of aromatic carboxylic acids is 1. The Bertz CT molecular complexity index is 866. The molecule has 3 rings (SSSR count). The summed E-state index contributed by atoms with van der Waals surface area (Å²) >= 11 is 5.79. The highest BCUT2D eigenvalue weighted by Crippen LogP contribution is 2.26. The summed E-state index contributed by atoms with van der Waals surface area (Å²) in [4.78, 5) is 15.6. The van der Waals surface area contributed by atoms with Gasteiger partial charge < -0.3 is 5.11 Å². The normalized spacial score (nSPS) is 15.2. The van der Waals surface area contributed by atoms with Crippen LogP contribution in [0.15, 0.2) is 41.4 Å². The maximum absolute atomic E-state index is 12.7. The molecular weight excluding hydrogens is 340 g/mol. The SMILES string of the molecule is O=C(O)c1ccnc2c1CN(S(=O)(=O)c1ccc(Cl)cc1)CC2. The maximum atomic E-state index is 12.7. The van der Waals surface area contributed by atoms with Crippen molar-refractivity contribution in [2.24, 2.45) is 0 Å². The fraction of sp³-hybridized carbons (Fsp3) is 0.200. The summed E-state index contributed by atoms with van der Waals surface area (Å²) in [6.07, 6.45) is 1.81. The molecule has 120 valence electrons. The van der Waals surface area contributed by atoms with Gasteiger partial charge in [-0.3, -0.25) is 4.98 Å². The Hall–Kier alpha value is -1.96. The maximum Gasteiger partial charge on any atom is 0.336 e. The Labute approximate surface area is 138 Å². The minimum atomic E-state index is -3.71. The van der Waals surface area contributed by atoms with Crippen molar-refractivity contribution in [3.05, 3.63) is 58.4 Å². The van der Waals surface area contributed by atoms with Gasteiger partial charge >= 0.3 is 5.97 Å². The second-order valence-corrected chi connectivity index (χ2v) is 7.51. The van der Waals surface area contributed by atoms with Crippen LogP contribution in [0.3, 0.4) is 0 Å². The Morgan fingerprint density at radius 2 is 1.91 bits per heavy atom. The van der Waals surface area contributed by atoms with Gasteiger partial charge in [0.1, 0.15) is 0 Å².